The topological polar surface area (TPSA) is 94.3 Å². The predicted molar refractivity (Wildman–Crippen MR) is 72.0 cm³/mol. The van der Waals surface area contributed by atoms with Gasteiger partial charge >= 0.3 is 5.97 Å². The zero-order chi connectivity index (χ0) is 15.3. The summed E-state index contributed by atoms with van der Waals surface area (Å²) in [5.41, 5.74) is 0.0565. The van der Waals surface area contributed by atoms with Gasteiger partial charge in [0.2, 0.25) is 0 Å². The van der Waals surface area contributed by atoms with Crippen molar-refractivity contribution in [2.45, 2.75) is 32.7 Å². The number of carboxylic acids is 1. The molecule has 6 nitrogen and oxygen atoms in total. The fourth-order valence-electron chi connectivity index (χ4n) is 1.67. The first kappa shape index (κ1) is 15.6. The second-order valence-electron chi connectivity index (χ2n) is 5.32. The SMILES string of the molecule is CC(C)(C)N(CCC(=O)O)C(=O)c1ccc(C#N)cn1. The lowest BCUT2D eigenvalue weighted by Crippen LogP contribution is -2.46. The molecule has 1 N–H and O–H groups in total. The van der Waals surface area contributed by atoms with Gasteiger partial charge in [0.1, 0.15) is 11.8 Å². The van der Waals surface area contributed by atoms with Crippen molar-refractivity contribution in [3.8, 4) is 6.07 Å². The molecule has 0 aliphatic carbocycles. The molecule has 1 rings (SSSR count). The van der Waals surface area contributed by atoms with E-state index in [1.54, 1.807) is 0 Å². The van der Waals surface area contributed by atoms with Crippen LogP contribution in [-0.4, -0.2) is 39.0 Å². The zero-order valence-corrected chi connectivity index (χ0v) is 11.8. The highest BCUT2D eigenvalue weighted by molar-refractivity contribution is 5.93. The Morgan fingerprint density at radius 1 is 1.40 bits per heavy atom. The molecule has 0 aliphatic heterocycles. The molecule has 1 amide bonds. The van der Waals surface area contributed by atoms with Crippen molar-refractivity contribution in [1.29, 1.82) is 5.26 Å². The molecule has 0 saturated heterocycles. The second kappa shape index (κ2) is 6.15. The maximum absolute atomic E-state index is 12.4. The second-order valence-corrected chi connectivity index (χ2v) is 5.32. The summed E-state index contributed by atoms with van der Waals surface area (Å²) in [6.07, 6.45) is 1.20. The fourth-order valence-corrected chi connectivity index (χ4v) is 1.67. The van der Waals surface area contributed by atoms with Crippen LogP contribution in [0.25, 0.3) is 0 Å². The van der Waals surface area contributed by atoms with Gasteiger partial charge in [-0.15, -0.1) is 0 Å². The lowest BCUT2D eigenvalue weighted by atomic mass is 10.0. The number of aromatic nitrogens is 1. The molecule has 0 aliphatic rings. The number of rotatable bonds is 4. The van der Waals surface area contributed by atoms with E-state index in [0.29, 0.717) is 5.56 Å². The molecule has 0 bridgehead atoms. The smallest absolute Gasteiger partial charge is 0.305 e. The number of hydrogen-bond acceptors (Lipinski definition) is 4. The summed E-state index contributed by atoms with van der Waals surface area (Å²) in [5.74, 6) is -1.30. The van der Waals surface area contributed by atoms with Gasteiger partial charge in [-0.2, -0.15) is 5.26 Å². The van der Waals surface area contributed by atoms with E-state index in [1.165, 1.54) is 23.2 Å². The van der Waals surface area contributed by atoms with E-state index in [-0.39, 0.29) is 24.6 Å². The lowest BCUT2D eigenvalue weighted by Gasteiger charge is -2.35. The first-order valence-electron chi connectivity index (χ1n) is 6.15. The monoisotopic (exact) mass is 275 g/mol. The van der Waals surface area contributed by atoms with Crippen LogP contribution in [0.5, 0.6) is 0 Å². The van der Waals surface area contributed by atoms with Crippen LogP contribution < -0.4 is 0 Å². The van der Waals surface area contributed by atoms with E-state index in [4.69, 9.17) is 10.4 Å². The number of nitrogens with zero attached hydrogens (tertiary/aromatic N) is 3. The van der Waals surface area contributed by atoms with E-state index >= 15 is 0 Å². The highest BCUT2D eigenvalue weighted by atomic mass is 16.4. The van der Waals surface area contributed by atoms with Gasteiger partial charge in [-0.25, -0.2) is 4.98 Å². The highest BCUT2D eigenvalue weighted by Gasteiger charge is 2.28. The Morgan fingerprint density at radius 3 is 2.45 bits per heavy atom. The molecule has 1 heterocycles. The first-order chi connectivity index (χ1) is 9.25. The molecule has 0 fully saturated rings. The third-order valence-corrected chi connectivity index (χ3v) is 2.72. The molecule has 0 aromatic carbocycles. The molecule has 0 atom stereocenters. The van der Waals surface area contributed by atoms with E-state index in [1.807, 2.05) is 26.8 Å². The van der Waals surface area contributed by atoms with Crippen LogP contribution in [-0.2, 0) is 4.79 Å². The molecule has 1 aromatic heterocycles. The molecule has 1 aromatic rings. The average Bonchev–Trinajstić information content (AvgIpc) is 2.37. The van der Waals surface area contributed by atoms with Crippen molar-refractivity contribution in [2.75, 3.05) is 6.54 Å². The minimum absolute atomic E-state index is 0.110. The van der Waals surface area contributed by atoms with Crippen LogP contribution in [0, 0.1) is 11.3 Å². The van der Waals surface area contributed by atoms with Gasteiger partial charge in [-0.1, -0.05) is 0 Å². The molecule has 106 valence electrons. The van der Waals surface area contributed by atoms with Crippen LogP contribution in [0.3, 0.4) is 0 Å². The van der Waals surface area contributed by atoms with Gasteiger partial charge in [-0.3, -0.25) is 9.59 Å². The van der Waals surface area contributed by atoms with Gasteiger partial charge in [0.05, 0.1) is 12.0 Å². The largest absolute Gasteiger partial charge is 0.481 e. The van der Waals surface area contributed by atoms with Gasteiger partial charge in [-0.05, 0) is 32.9 Å². The van der Waals surface area contributed by atoms with Gasteiger partial charge < -0.3 is 10.0 Å². The molecule has 0 unspecified atom stereocenters. The predicted octanol–water partition coefficient (Wildman–Crippen LogP) is 1.67. The summed E-state index contributed by atoms with van der Waals surface area (Å²) >= 11 is 0. The van der Waals surface area contributed by atoms with Crippen molar-refractivity contribution in [3.05, 3.63) is 29.6 Å². The quantitative estimate of drug-likeness (QED) is 0.901. The maximum Gasteiger partial charge on any atom is 0.305 e. The van der Waals surface area contributed by atoms with Crippen molar-refractivity contribution in [2.24, 2.45) is 0 Å². The summed E-state index contributed by atoms with van der Waals surface area (Å²) in [7, 11) is 0. The molecule has 6 heteroatoms. The maximum atomic E-state index is 12.4. The molecular formula is C14H17N3O3. The van der Waals surface area contributed by atoms with Crippen molar-refractivity contribution in [1.82, 2.24) is 9.88 Å². The number of pyridine rings is 1. The highest BCUT2D eigenvalue weighted by Crippen LogP contribution is 2.17. The van der Waals surface area contributed by atoms with E-state index in [9.17, 15) is 9.59 Å². The Kier molecular flexibility index (Phi) is 4.81. The number of carboxylic acid groups (broad SMARTS) is 1. The van der Waals surface area contributed by atoms with Crippen molar-refractivity contribution < 1.29 is 14.7 Å². The van der Waals surface area contributed by atoms with E-state index in [0.717, 1.165) is 0 Å². The standard InChI is InChI=1S/C14H17N3O3/c1-14(2,3)17(7-6-12(18)19)13(20)11-5-4-10(8-15)9-16-11/h4-5,9H,6-7H2,1-3H3,(H,18,19). The minimum atomic E-state index is -0.958. The number of hydrogen-bond donors (Lipinski definition) is 1. The first-order valence-corrected chi connectivity index (χ1v) is 6.15. The molecule has 20 heavy (non-hydrogen) atoms. The van der Waals surface area contributed by atoms with Gasteiger partial charge in [0.15, 0.2) is 0 Å². The summed E-state index contributed by atoms with van der Waals surface area (Å²) in [6.45, 7) is 5.60. The number of carbonyl (C=O) groups excluding carboxylic acids is 1. The van der Waals surface area contributed by atoms with Crippen LogP contribution >= 0.6 is 0 Å². The Bertz CT molecular complexity index is 538. The molecular weight excluding hydrogens is 258 g/mol. The number of carbonyl (C=O) groups is 2. The van der Waals surface area contributed by atoms with Crippen LogP contribution in [0.15, 0.2) is 18.3 Å². The molecule has 0 saturated carbocycles. The molecule has 0 radical (unpaired) electrons. The summed E-state index contributed by atoms with van der Waals surface area (Å²) < 4.78 is 0. The van der Waals surface area contributed by atoms with Gasteiger partial charge in [0, 0.05) is 18.3 Å². The molecule has 0 spiro atoms. The van der Waals surface area contributed by atoms with E-state index < -0.39 is 11.5 Å². The average molecular weight is 275 g/mol. The Labute approximate surface area is 117 Å². The number of amides is 1. The Hall–Kier alpha value is -2.42. The Balaban J connectivity index is 2.97. The fraction of sp³-hybridized carbons (Fsp3) is 0.429. The minimum Gasteiger partial charge on any atom is -0.481 e. The number of nitriles is 1. The number of aliphatic carboxylic acids is 1. The van der Waals surface area contributed by atoms with Crippen LogP contribution in [0.4, 0.5) is 0 Å². The summed E-state index contributed by atoms with van der Waals surface area (Å²) in [6, 6.07) is 4.91. The van der Waals surface area contributed by atoms with Crippen molar-refractivity contribution >= 4 is 11.9 Å². The van der Waals surface area contributed by atoms with Gasteiger partial charge in [0.25, 0.3) is 5.91 Å². The van der Waals surface area contributed by atoms with Crippen molar-refractivity contribution in [3.63, 3.8) is 0 Å². The summed E-state index contributed by atoms with van der Waals surface area (Å²) in [4.78, 5) is 28.5. The lowest BCUT2D eigenvalue weighted by molar-refractivity contribution is -0.137. The van der Waals surface area contributed by atoms with Crippen LogP contribution in [0.1, 0.15) is 43.2 Å². The Morgan fingerprint density at radius 2 is 2.05 bits per heavy atom. The van der Waals surface area contributed by atoms with Crippen LogP contribution in [0.2, 0.25) is 0 Å². The summed E-state index contributed by atoms with van der Waals surface area (Å²) in [5, 5.41) is 17.5. The normalized spacial score (nSPS) is 10.7. The third-order valence-electron chi connectivity index (χ3n) is 2.72. The third kappa shape index (κ3) is 4.05. The van der Waals surface area contributed by atoms with E-state index in [2.05, 4.69) is 4.98 Å². The zero-order valence-electron chi connectivity index (χ0n) is 11.8.